The molecule has 5 heteroatoms. The highest BCUT2D eigenvalue weighted by Crippen LogP contribution is 1.94. The van der Waals surface area contributed by atoms with E-state index in [1.807, 2.05) is 6.07 Å². The van der Waals surface area contributed by atoms with Crippen LogP contribution in [0.5, 0.6) is 0 Å². The third-order valence-electron chi connectivity index (χ3n) is 1.98. The number of primary amides is 1. The van der Waals surface area contributed by atoms with Gasteiger partial charge in [-0.25, -0.2) is 9.97 Å². The molecule has 0 saturated carbocycles. The topological polar surface area (TPSA) is 80.9 Å². The Balaban J connectivity index is 2.00. The molecule has 0 bridgehead atoms. The lowest BCUT2D eigenvalue weighted by Gasteiger charge is -2.02. The maximum Gasteiger partial charge on any atom is 0.217 e. The summed E-state index contributed by atoms with van der Waals surface area (Å²) in [6.45, 7) is 1.61. The maximum absolute atomic E-state index is 10.4. The van der Waals surface area contributed by atoms with Gasteiger partial charge in [-0.2, -0.15) is 0 Å². The lowest BCUT2D eigenvalue weighted by molar-refractivity contribution is -0.118. The van der Waals surface area contributed by atoms with E-state index in [0.717, 1.165) is 31.6 Å². The summed E-state index contributed by atoms with van der Waals surface area (Å²) >= 11 is 0. The van der Waals surface area contributed by atoms with Gasteiger partial charge in [0.15, 0.2) is 0 Å². The lowest BCUT2D eigenvalue weighted by atomic mass is 10.2. The molecule has 1 heterocycles. The molecular weight excluding hydrogens is 192 g/mol. The molecule has 3 N–H and O–H groups in total. The molecule has 0 saturated heterocycles. The third kappa shape index (κ3) is 5.74. The van der Waals surface area contributed by atoms with E-state index in [1.165, 1.54) is 6.33 Å². The van der Waals surface area contributed by atoms with Crippen LogP contribution in [0.3, 0.4) is 0 Å². The van der Waals surface area contributed by atoms with Gasteiger partial charge < -0.3 is 11.1 Å². The predicted molar refractivity (Wildman–Crippen MR) is 56.8 cm³/mol. The molecule has 0 aliphatic carbocycles. The van der Waals surface area contributed by atoms with Gasteiger partial charge in [-0.3, -0.25) is 4.79 Å². The van der Waals surface area contributed by atoms with Crippen molar-refractivity contribution >= 4 is 5.91 Å². The number of carbonyl (C=O) groups is 1. The second-order valence-electron chi connectivity index (χ2n) is 3.30. The summed E-state index contributed by atoms with van der Waals surface area (Å²) in [5.74, 6) is -0.231. The average molecular weight is 208 g/mol. The van der Waals surface area contributed by atoms with E-state index >= 15 is 0 Å². The summed E-state index contributed by atoms with van der Waals surface area (Å²) in [5, 5.41) is 3.23. The van der Waals surface area contributed by atoms with Crippen LogP contribution in [0.4, 0.5) is 0 Å². The molecule has 0 aliphatic rings. The van der Waals surface area contributed by atoms with Crippen LogP contribution in [0.2, 0.25) is 0 Å². The number of carbonyl (C=O) groups excluding carboxylic acids is 1. The fourth-order valence-corrected chi connectivity index (χ4v) is 1.19. The van der Waals surface area contributed by atoms with Crippen molar-refractivity contribution in [3.8, 4) is 0 Å². The number of nitrogens with zero attached hydrogens (tertiary/aromatic N) is 2. The van der Waals surface area contributed by atoms with E-state index in [-0.39, 0.29) is 5.91 Å². The van der Waals surface area contributed by atoms with Crippen molar-refractivity contribution in [2.24, 2.45) is 5.73 Å². The summed E-state index contributed by atoms with van der Waals surface area (Å²) in [7, 11) is 0. The van der Waals surface area contributed by atoms with Gasteiger partial charge in [0.05, 0.1) is 5.69 Å². The Bertz CT molecular complexity index is 289. The summed E-state index contributed by atoms with van der Waals surface area (Å²) in [5.41, 5.74) is 5.99. The Kier molecular flexibility index (Phi) is 5.32. The molecular formula is C10H16N4O. The monoisotopic (exact) mass is 208 g/mol. The van der Waals surface area contributed by atoms with E-state index in [4.69, 9.17) is 5.73 Å². The van der Waals surface area contributed by atoms with Crippen molar-refractivity contribution in [3.05, 3.63) is 24.3 Å². The fraction of sp³-hybridized carbons (Fsp3) is 0.500. The minimum Gasteiger partial charge on any atom is -0.370 e. The van der Waals surface area contributed by atoms with Crippen LogP contribution in [-0.2, 0) is 11.3 Å². The van der Waals surface area contributed by atoms with E-state index in [2.05, 4.69) is 15.3 Å². The first-order valence-electron chi connectivity index (χ1n) is 5.03. The fourth-order valence-electron chi connectivity index (χ4n) is 1.19. The summed E-state index contributed by atoms with van der Waals surface area (Å²) in [6.07, 6.45) is 5.51. The Labute approximate surface area is 89.1 Å². The SMILES string of the molecule is NC(=O)CCCCNCc1ccncn1. The quantitative estimate of drug-likeness (QED) is 0.628. The first-order valence-corrected chi connectivity index (χ1v) is 5.03. The van der Waals surface area contributed by atoms with E-state index in [1.54, 1.807) is 6.20 Å². The van der Waals surface area contributed by atoms with Gasteiger partial charge in [-0.1, -0.05) is 0 Å². The van der Waals surface area contributed by atoms with Crippen LogP contribution >= 0.6 is 0 Å². The van der Waals surface area contributed by atoms with E-state index < -0.39 is 0 Å². The zero-order chi connectivity index (χ0) is 10.9. The van der Waals surface area contributed by atoms with Crippen LogP contribution in [0.25, 0.3) is 0 Å². The van der Waals surface area contributed by atoms with Gasteiger partial charge in [0.1, 0.15) is 6.33 Å². The van der Waals surface area contributed by atoms with E-state index in [9.17, 15) is 4.79 Å². The molecule has 0 unspecified atom stereocenters. The number of hydrogen-bond acceptors (Lipinski definition) is 4. The average Bonchev–Trinajstić information content (AvgIpc) is 2.24. The van der Waals surface area contributed by atoms with Crippen molar-refractivity contribution in [3.63, 3.8) is 0 Å². The lowest BCUT2D eigenvalue weighted by Crippen LogP contribution is -2.16. The number of rotatable bonds is 7. The van der Waals surface area contributed by atoms with Crippen molar-refractivity contribution in [2.45, 2.75) is 25.8 Å². The minimum atomic E-state index is -0.231. The first-order chi connectivity index (χ1) is 7.29. The smallest absolute Gasteiger partial charge is 0.217 e. The molecule has 0 atom stereocenters. The molecule has 1 aromatic rings. The molecule has 1 amide bonds. The molecule has 1 aromatic heterocycles. The molecule has 1 rings (SSSR count). The predicted octanol–water partition coefficient (Wildman–Crippen LogP) is 0.222. The molecule has 0 aromatic carbocycles. The van der Waals surface area contributed by atoms with Gasteiger partial charge in [0.2, 0.25) is 5.91 Å². The molecule has 5 nitrogen and oxygen atoms in total. The molecule has 0 aliphatic heterocycles. The Hall–Kier alpha value is -1.49. The van der Waals surface area contributed by atoms with Gasteiger partial charge in [-0.15, -0.1) is 0 Å². The van der Waals surface area contributed by atoms with Crippen LogP contribution in [0.15, 0.2) is 18.6 Å². The minimum absolute atomic E-state index is 0.231. The van der Waals surface area contributed by atoms with Gasteiger partial charge in [-0.05, 0) is 25.5 Å². The Morgan fingerprint density at radius 2 is 2.33 bits per heavy atom. The van der Waals surface area contributed by atoms with Crippen molar-refractivity contribution in [1.29, 1.82) is 0 Å². The van der Waals surface area contributed by atoms with Crippen LogP contribution < -0.4 is 11.1 Å². The summed E-state index contributed by atoms with van der Waals surface area (Å²) in [6, 6.07) is 1.87. The van der Waals surface area contributed by atoms with Gasteiger partial charge in [0, 0.05) is 19.2 Å². The van der Waals surface area contributed by atoms with Crippen molar-refractivity contribution < 1.29 is 4.79 Å². The summed E-state index contributed by atoms with van der Waals surface area (Å²) in [4.78, 5) is 18.3. The number of amides is 1. The van der Waals surface area contributed by atoms with Crippen molar-refractivity contribution in [1.82, 2.24) is 15.3 Å². The highest BCUT2D eigenvalue weighted by molar-refractivity contribution is 5.73. The molecule has 0 radical (unpaired) electrons. The van der Waals surface area contributed by atoms with Crippen LogP contribution in [0.1, 0.15) is 25.0 Å². The second-order valence-corrected chi connectivity index (χ2v) is 3.30. The number of nitrogens with two attached hydrogens (primary N) is 1. The molecule has 15 heavy (non-hydrogen) atoms. The molecule has 0 spiro atoms. The van der Waals surface area contributed by atoms with Crippen molar-refractivity contribution in [2.75, 3.05) is 6.54 Å². The normalized spacial score (nSPS) is 10.1. The number of nitrogens with one attached hydrogen (secondary N) is 1. The van der Waals surface area contributed by atoms with E-state index in [0.29, 0.717) is 6.42 Å². The van der Waals surface area contributed by atoms with Gasteiger partial charge >= 0.3 is 0 Å². The van der Waals surface area contributed by atoms with Gasteiger partial charge in [0.25, 0.3) is 0 Å². The zero-order valence-electron chi connectivity index (χ0n) is 8.65. The molecule has 0 fully saturated rings. The summed E-state index contributed by atoms with van der Waals surface area (Å²) < 4.78 is 0. The second kappa shape index (κ2) is 6.89. The first kappa shape index (κ1) is 11.6. The Morgan fingerprint density at radius 3 is 3.00 bits per heavy atom. The highest BCUT2D eigenvalue weighted by Gasteiger charge is 1.95. The number of aromatic nitrogens is 2. The van der Waals surface area contributed by atoms with Crippen LogP contribution in [-0.4, -0.2) is 22.4 Å². The number of hydrogen-bond donors (Lipinski definition) is 2. The van der Waals surface area contributed by atoms with Crippen LogP contribution in [0, 0.1) is 0 Å². The largest absolute Gasteiger partial charge is 0.370 e. The highest BCUT2D eigenvalue weighted by atomic mass is 16.1. The zero-order valence-corrected chi connectivity index (χ0v) is 8.65. The number of unbranched alkanes of at least 4 members (excludes halogenated alkanes) is 1. The maximum atomic E-state index is 10.4. The third-order valence-corrected chi connectivity index (χ3v) is 1.98. The standard InChI is InChI=1S/C10H16N4O/c11-10(15)3-1-2-5-12-7-9-4-6-13-8-14-9/h4,6,8,12H,1-3,5,7H2,(H2,11,15). The Morgan fingerprint density at radius 1 is 1.47 bits per heavy atom. The molecule has 82 valence electrons.